The first kappa shape index (κ1) is 21.7. The Hall–Kier alpha value is -3.53. The molecule has 166 valence electrons. The maximum atomic E-state index is 14.3. The predicted octanol–water partition coefficient (Wildman–Crippen LogP) is 4.76. The molecule has 3 aromatic carbocycles. The first-order valence-electron chi connectivity index (χ1n) is 9.42. The van der Waals surface area contributed by atoms with E-state index in [4.69, 9.17) is 0 Å². The number of anilines is 2. The summed E-state index contributed by atoms with van der Waals surface area (Å²) in [5, 5.41) is 10.0. The number of hydrogen-bond donors (Lipinski definition) is 1. The fourth-order valence-corrected chi connectivity index (χ4v) is 5.22. The predicted molar refractivity (Wildman–Crippen MR) is 112 cm³/mol. The first-order chi connectivity index (χ1) is 15.0. The van der Waals surface area contributed by atoms with Gasteiger partial charge in [-0.3, -0.25) is 4.90 Å². The van der Waals surface area contributed by atoms with Crippen molar-refractivity contribution < 1.29 is 31.5 Å². The molecule has 0 radical (unpaired) electrons. The van der Waals surface area contributed by atoms with Gasteiger partial charge in [0.1, 0.15) is 28.1 Å². The highest BCUT2D eigenvalue weighted by Gasteiger charge is 2.43. The van der Waals surface area contributed by atoms with Crippen molar-refractivity contribution in [1.82, 2.24) is 0 Å². The van der Waals surface area contributed by atoms with Gasteiger partial charge >= 0.3 is 6.03 Å². The van der Waals surface area contributed by atoms with E-state index in [0.717, 1.165) is 4.90 Å². The van der Waals surface area contributed by atoms with Gasteiger partial charge < -0.3 is 5.11 Å². The van der Waals surface area contributed by atoms with Gasteiger partial charge in [-0.2, -0.15) is 4.31 Å². The second-order valence-corrected chi connectivity index (χ2v) is 9.14. The van der Waals surface area contributed by atoms with Gasteiger partial charge in [0, 0.05) is 17.7 Å². The van der Waals surface area contributed by atoms with Crippen molar-refractivity contribution in [3.63, 3.8) is 0 Å². The van der Waals surface area contributed by atoms with E-state index in [2.05, 4.69) is 0 Å². The van der Waals surface area contributed by atoms with Crippen molar-refractivity contribution in [3.8, 4) is 5.75 Å². The van der Waals surface area contributed by atoms with Gasteiger partial charge in [-0.25, -0.2) is 26.4 Å². The van der Waals surface area contributed by atoms with Crippen LogP contribution in [0.4, 0.5) is 29.3 Å². The fourth-order valence-electron chi connectivity index (χ4n) is 3.65. The SMILES string of the molecule is Cc1cc(N2C(=O)N(Cc3c(F)cc(F)cc3F)c3ccccc3S2(=O)=O)cc(C)c1O. The molecule has 0 aromatic heterocycles. The molecule has 0 spiro atoms. The lowest BCUT2D eigenvalue weighted by Gasteiger charge is -2.36. The Balaban J connectivity index is 1.92. The Morgan fingerprint density at radius 1 is 0.938 bits per heavy atom. The minimum Gasteiger partial charge on any atom is -0.507 e. The van der Waals surface area contributed by atoms with Crippen LogP contribution in [0.3, 0.4) is 0 Å². The maximum Gasteiger partial charge on any atom is 0.343 e. The van der Waals surface area contributed by atoms with Crippen LogP contribution in [0.2, 0.25) is 0 Å². The van der Waals surface area contributed by atoms with E-state index in [1.54, 1.807) is 13.8 Å². The van der Waals surface area contributed by atoms with Gasteiger partial charge in [-0.05, 0) is 49.2 Å². The molecule has 1 N–H and O–H groups in total. The summed E-state index contributed by atoms with van der Waals surface area (Å²) in [7, 11) is -4.37. The van der Waals surface area contributed by atoms with Crippen LogP contribution in [0, 0.1) is 31.3 Å². The van der Waals surface area contributed by atoms with Gasteiger partial charge in [0.25, 0.3) is 10.0 Å². The Bertz CT molecular complexity index is 1330. The molecule has 0 bridgehead atoms. The van der Waals surface area contributed by atoms with Crippen LogP contribution in [0.25, 0.3) is 0 Å². The number of hydrogen-bond acceptors (Lipinski definition) is 4. The molecule has 0 saturated heterocycles. The zero-order chi connectivity index (χ0) is 23.4. The van der Waals surface area contributed by atoms with Gasteiger partial charge in [0.2, 0.25) is 0 Å². The number of urea groups is 1. The lowest BCUT2D eigenvalue weighted by molar-refractivity contribution is 0.253. The number of amides is 2. The molecule has 6 nitrogen and oxygen atoms in total. The van der Waals surface area contributed by atoms with Crippen LogP contribution in [0.5, 0.6) is 5.75 Å². The second-order valence-electron chi connectivity index (χ2n) is 7.38. The number of halogens is 3. The number of fused-ring (bicyclic) bond motifs is 1. The molecule has 0 saturated carbocycles. The average molecular weight is 462 g/mol. The molecule has 10 heteroatoms. The molecule has 1 aliphatic heterocycles. The number of nitrogens with zero attached hydrogens (tertiary/aromatic N) is 2. The third-order valence-electron chi connectivity index (χ3n) is 5.21. The number of para-hydroxylation sites is 1. The molecule has 0 unspecified atom stereocenters. The van der Waals surface area contributed by atoms with E-state index < -0.39 is 45.6 Å². The highest BCUT2D eigenvalue weighted by Crippen LogP contribution is 2.40. The topological polar surface area (TPSA) is 77.9 Å². The highest BCUT2D eigenvalue weighted by molar-refractivity contribution is 7.94. The summed E-state index contributed by atoms with van der Waals surface area (Å²) in [6.45, 7) is 2.42. The van der Waals surface area contributed by atoms with E-state index in [0.29, 0.717) is 27.6 Å². The van der Waals surface area contributed by atoms with Crippen molar-refractivity contribution in [2.24, 2.45) is 0 Å². The van der Waals surface area contributed by atoms with Crippen LogP contribution in [0.1, 0.15) is 16.7 Å². The summed E-state index contributed by atoms with van der Waals surface area (Å²) in [6, 6.07) is 8.09. The Morgan fingerprint density at radius 2 is 1.50 bits per heavy atom. The van der Waals surface area contributed by atoms with Gasteiger partial charge in [-0.1, -0.05) is 12.1 Å². The van der Waals surface area contributed by atoms with Crippen molar-refractivity contribution in [2.75, 3.05) is 9.21 Å². The largest absolute Gasteiger partial charge is 0.507 e. The smallest absolute Gasteiger partial charge is 0.343 e. The lowest BCUT2D eigenvalue weighted by atomic mass is 10.1. The molecular weight excluding hydrogens is 445 g/mol. The summed E-state index contributed by atoms with van der Waals surface area (Å²) in [5.74, 6) is -3.58. The van der Waals surface area contributed by atoms with Gasteiger partial charge in [0.15, 0.2) is 0 Å². The highest BCUT2D eigenvalue weighted by atomic mass is 32.2. The average Bonchev–Trinajstić information content (AvgIpc) is 2.70. The summed E-state index contributed by atoms with van der Waals surface area (Å²) < 4.78 is 69.1. The fraction of sp³-hybridized carbons (Fsp3) is 0.136. The molecule has 0 fully saturated rings. The van der Waals surface area contributed by atoms with Crippen LogP contribution in [-0.2, 0) is 16.6 Å². The molecule has 1 heterocycles. The van der Waals surface area contributed by atoms with Gasteiger partial charge in [-0.15, -0.1) is 0 Å². The Kier molecular flexibility index (Phi) is 5.12. The number of carbonyl (C=O) groups is 1. The third-order valence-corrected chi connectivity index (χ3v) is 6.96. The number of phenolic OH excluding ortho intramolecular Hbond substituents is 1. The molecule has 0 aliphatic carbocycles. The Morgan fingerprint density at radius 3 is 2.09 bits per heavy atom. The zero-order valence-corrected chi connectivity index (χ0v) is 17.8. The van der Waals surface area contributed by atoms with Crippen molar-refractivity contribution in [3.05, 3.63) is 82.7 Å². The molecule has 2 amide bonds. The zero-order valence-electron chi connectivity index (χ0n) is 16.9. The summed E-state index contributed by atoms with van der Waals surface area (Å²) in [5.41, 5.74) is -0.0219. The Labute approximate surface area is 182 Å². The minimum absolute atomic E-state index is 0.0395. The molecular formula is C22H17F3N2O4S. The van der Waals surface area contributed by atoms with Crippen molar-refractivity contribution in [1.29, 1.82) is 0 Å². The monoisotopic (exact) mass is 462 g/mol. The maximum absolute atomic E-state index is 14.3. The standard InChI is InChI=1S/C22H17F3N2O4S/c1-12-7-15(8-13(2)21(12)28)27-22(29)26(11-16-17(24)9-14(23)10-18(16)25)19-5-3-4-6-20(19)32(27,30)31/h3-10,28H,11H2,1-2H3. The summed E-state index contributed by atoms with van der Waals surface area (Å²) >= 11 is 0. The number of carbonyl (C=O) groups excluding carboxylic acids is 1. The van der Waals surface area contributed by atoms with E-state index in [1.165, 1.54) is 36.4 Å². The normalized spacial score (nSPS) is 15.1. The number of benzene rings is 3. The molecule has 0 atom stereocenters. The minimum atomic E-state index is -4.37. The molecule has 4 rings (SSSR count). The third kappa shape index (κ3) is 3.36. The molecule has 1 aliphatic rings. The quantitative estimate of drug-likeness (QED) is 0.609. The molecule has 3 aromatic rings. The number of sulfonamides is 1. The van der Waals surface area contributed by atoms with Crippen LogP contribution >= 0.6 is 0 Å². The van der Waals surface area contributed by atoms with E-state index in [9.17, 15) is 31.5 Å². The summed E-state index contributed by atoms with van der Waals surface area (Å²) in [6.07, 6.45) is 0. The second kappa shape index (κ2) is 7.56. The number of aryl methyl sites for hydroxylation is 2. The van der Waals surface area contributed by atoms with E-state index in [-0.39, 0.29) is 22.0 Å². The van der Waals surface area contributed by atoms with Crippen LogP contribution in [-0.4, -0.2) is 19.6 Å². The van der Waals surface area contributed by atoms with Crippen molar-refractivity contribution >= 4 is 27.4 Å². The molecule has 32 heavy (non-hydrogen) atoms. The lowest BCUT2D eigenvalue weighted by Crippen LogP contribution is -2.51. The number of phenols is 1. The van der Waals surface area contributed by atoms with Crippen molar-refractivity contribution in [2.45, 2.75) is 25.3 Å². The first-order valence-corrected chi connectivity index (χ1v) is 10.9. The van der Waals surface area contributed by atoms with Crippen LogP contribution < -0.4 is 9.21 Å². The number of aromatic hydroxyl groups is 1. The van der Waals surface area contributed by atoms with E-state index >= 15 is 0 Å². The van der Waals surface area contributed by atoms with Crippen LogP contribution in [0.15, 0.2) is 53.4 Å². The van der Waals surface area contributed by atoms with Gasteiger partial charge in [0.05, 0.1) is 17.9 Å². The number of rotatable bonds is 3. The summed E-state index contributed by atoms with van der Waals surface area (Å²) in [4.78, 5) is 14.1. The van der Waals surface area contributed by atoms with E-state index in [1.807, 2.05) is 0 Å².